The molecule has 0 bridgehead atoms. The standard InChI is InChI=1S/C25H32N2O3/c28-25(12-10-20-9-11-23-24(17-20)30-16-4-15-29-23)26-18-21-5-7-22(8-6-21)19-27-13-2-1-3-14-27/h5-9,11,17H,1-4,10,12-16,18-19H2,(H,26,28). The third-order valence-corrected chi connectivity index (χ3v) is 5.82. The molecule has 4 rings (SSSR count). The van der Waals surface area contributed by atoms with Crippen LogP contribution in [-0.4, -0.2) is 37.1 Å². The summed E-state index contributed by atoms with van der Waals surface area (Å²) in [6, 6.07) is 14.6. The number of fused-ring (bicyclic) bond motifs is 1. The van der Waals surface area contributed by atoms with E-state index in [0.29, 0.717) is 32.6 Å². The Morgan fingerprint density at radius 1 is 0.833 bits per heavy atom. The maximum Gasteiger partial charge on any atom is 0.220 e. The van der Waals surface area contributed by atoms with Gasteiger partial charge in [-0.15, -0.1) is 0 Å². The van der Waals surface area contributed by atoms with Gasteiger partial charge >= 0.3 is 0 Å². The Balaban J connectivity index is 1.20. The van der Waals surface area contributed by atoms with Crippen LogP contribution in [0.2, 0.25) is 0 Å². The van der Waals surface area contributed by atoms with E-state index in [1.807, 2.05) is 18.2 Å². The van der Waals surface area contributed by atoms with Crippen LogP contribution >= 0.6 is 0 Å². The molecular weight excluding hydrogens is 376 g/mol. The summed E-state index contributed by atoms with van der Waals surface area (Å²) in [5, 5.41) is 3.04. The van der Waals surface area contributed by atoms with E-state index in [0.717, 1.165) is 35.6 Å². The van der Waals surface area contributed by atoms with Crippen LogP contribution < -0.4 is 14.8 Å². The van der Waals surface area contributed by atoms with Crippen molar-refractivity contribution in [2.75, 3.05) is 26.3 Å². The van der Waals surface area contributed by atoms with Crippen molar-refractivity contribution in [1.29, 1.82) is 0 Å². The molecule has 2 heterocycles. The average molecular weight is 409 g/mol. The molecule has 1 amide bonds. The van der Waals surface area contributed by atoms with Crippen molar-refractivity contribution in [1.82, 2.24) is 10.2 Å². The Bertz CT molecular complexity index is 829. The van der Waals surface area contributed by atoms with Gasteiger partial charge in [-0.3, -0.25) is 9.69 Å². The molecule has 1 N–H and O–H groups in total. The fourth-order valence-electron chi connectivity index (χ4n) is 4.05. The number of hydrogen-bond donors (Lipinski definition) is 1. The van der Waals surface area contributed by atoms with E-state index < -0.39 is 0 Å². The lowest BCUT2D eigenvalue weighted by Gasteiger charge is -2.26. The first-order valence-corrected chi connectivity index (χ1v) is 11.2. The molecule has 0 saturated carbocycles. The number of carbonyl (C=O) groups excluding carboxylic acids is 1. The number of aryl methyl sites for hydroxylation is 1. The van der Waals surface area contributed by atoms with Crippen LogP contribution in [0.15, 0.2) is 42.5 Å². The van der Waals surface area contributed by atoms with Crippen molar-refractivity contribution in [2.45, 2.75) is 51.6 Å². The molecule has 2 aliphatic heterocycles. The second-order valence-electron chi connectivity index (χ2n) is 8.26. The highest BCUT2D eigenvalue weighted by molar-refractivity contribution is 5.76. The lowest BCUT2D eigenvalue weighted by molar-refractivity contribution is -0.121. The smallest absolute Gasteiger partial charge is 0.220 e. The van der Waals surface area contributed by atoms with E-state index in [-0.39, 0.29) is 5.91 Å². The lowest BCUT2D eigenvalue weighted by atomic mass is 10.1. The van der Waals surface area contributed by atoms with Gasteiger partial charge < -0.3 is 14.8 Å². The van der Waals surface area contributed by atoms with Gasteiger partial charge in [0.1, 0.15) is 0 Å². The number of likely N-dealkylation sites (tertiary alicyclic amines) is 1. The molecule has 0 aromatic heterocycles. The Morgan fingerprint density at radius 2 is 1.53 bits per heavy atom. The van der Waals surface area contributed by atoms with Gasteiger partial charge in [-0.1, -0.05) is 36.8 Å². The van der Waals surface area contributed by atoms with Crippen LogP contribution in [0, 0.1) is 0 Å². The van der Waals surface area contributed by atoms with Crippen molar-refractivity contribution in [3.63, 3.8) is 0 Å². The van der Waals surface area contributed by atoms with E-state index >= 15 is 0 Å². The van der Waals surface area contributed by atoms with Crippen molar-refractivity contribution in [2.24, 2.45) is 0 Å². The Labute approximate surface area is 179 Å². The fraction of sp³-hybridized carbons (Fsp3) is 0.480. The van der Waals surface area contributed by atoms with Gasteiger partial charge in [0, 0.05) is 25.9 Å². The molecule has 30 heavy (non-hydrogen) atoms. The Morgan fingerprint density at radius 3 is 2.33 bits per heavy atom. The minimum Gasteiger partial charge on any atom is -0.490 e. The Hall–Kier alpha value is -2.53. The number of nitrogens with zero attached hydrogens (tertiary/aromatic N) is 1. The molecule has 0 radical (unpaired) electrons. The van der Waals surface area contributed by atoms with Gasteiger partial charge in [0.05, 0.1) is 13.2 Å². The average Bonchev–Trinajstić information content (AvgIpc) is 3.03. The summed E-state index contributed by atoms with van der Waals surface area (Å²) >= 11 is 0. The molecule has 5 heteroatoms. The van der Waals surface area contributed by atoms with Crippen LogP contribution in [0.5, 0.6) is 11.5 Å². The largest absolute Gasteiger partial charge is 0.490 e. The zero-order valence-corrected chi connectivity index (χ0v) is 17.7. The first-order valence-electron chi connectivity index (χ1n) is 11.2. The van der Waals surface area contributed by atoms with Crippen LogP contribution in [0.3, 0.4) is 0 Å². The quantitative estimate of drug-likeness (QED) is 0.750. The maximum absolute atomic E-state index is 12.3. The van der Waals surface area contributed by atoms with E-state index in [1.165, 1.54) is 37.9 Å². The van der Waals surface area contributed by atoms with Gasteiger partial charge in [-0.2, -0.15) is 0 Å². The summed E-state index contributed by atoms with van der Waals surface area (Å²) in [5.41, 5.74) is 3.58. The monoisotopic (exact) mass is 408 g/mol. The van der Waals surface area contributed by atoms with Gasteiger partial charge in [0.2, 0.25) is 5.91 Å². The van der Waals surface area contributed by atoms with Crippen LogP contribution in [0.1, 0.15) is 48.8 Å². The fourth-order valence-corrected chi connectivity index (χ4v) is 4.05. The van der Waals surface area contributed by atoms with E-state index in [9.17, 15) is 4.79 Å². The van der Waals surface area contributed by atoms with Gasteiger partial charge in [-0.25, -0.2) is 0 Å². The molecule has 160 valence electrons. The van der Waals surface area contributed by atoms with Crippen molar-refractivity contribution in [3.05, 3.63) is 59.2 Å². The number of carbonyl (C=O) groups is 1. The zero-order valence-electron chi connectivity index (χ0n) is 17.7. The van der Waals surface area contributed by atoms with Crippen molar-refractivity contribution < 1.29 is 14.3 Å². The molecule has 1 fully saturated rings. The van der Waals surface area contributed by atoms with Crippen molar-refractivity contribution >= 4 is 5.91 Å². The summed E-state index contributed by atoms with van der Waals surface area (Å²) in [6.07, 6.45) is 6.05. The van der Waals surface area contributed by atoms with Crippen LogP contribution in [-0.2, 0) is 24.3 Å². The lowest BCUT2D eigenvalue weighted by Crippen LogP contribution is -2.29. The molecule has 0 aliphatic carbocycles. The predicted octanol–water partition coefficient (Wildman–Crippen LogP) is 4.08. The van der Waals surface area contributed by atoms with E-state index in [1.54, 1.807) is 0 Å². The number of rotatable bonds is 7. The molecule has 5 nitrogen and oxygen atoms in total. The minimum atomic E-state index is 0.0690. The first kappa shape index (κ1) is 20.7. The van der Waals surface area contributed by atoms with Crippen LogP contribution in [0.25, 0.3) is 0 Å². The third kappa shape index (κ3) is 5.99. The second-order valence-corrected chi connectivity index (χ2v) is 8.26. The number of benzene rings is 2. The number of ether oxygens (including phenoxy) is 2. The van der Waals surface area contributed by atoms with Gasteiger partial charge in [0.25, 0.3) is 0 Å². The summed E-state index contributed by atoms with van der Waals surface area (Å²) in [4.78, 5) is 14.8. The summed E-state index contributed by atoms with van der Waals surface area (Å²) in [7, 11) is 0. The third-order valence-electron chi connectivity index (χ3n) is 5.82. The zero-order chi connectivity index (χ0) is 20.6. The molecule has 1 saturated heterocycles. The second kappa shape index (κ2) is 10.5. The Kier molecular flexibility index (Phi) is 7.25. The molecule has 0 atom stereocenters. The van der Waals surface area contributed by atoms with E-state index in [4.69, 9.17) is 9.47 Å². The SMILES string of the molecule is O=C(CCc1ccc2c(c1)OCCCO2)NCc1ccc(CN2CCCCC2)cc1. The molecule has 0 spiro atoms. The van der Waals surface area contributed by atoms with Crippen molar-refractivity contribution in [3.8, 4) is 11.5 Å². The molecule has 0 unspecified atom stereocenters. The maximum atomic E-state index is 12.3. The van der Waals surface area contributed by atoms with Gasteiger partial charge in [-0.05, 0) is 61.2 Å². The van der Waals surface area contributed by atoms with E-state index in [2.05, 4.69) is 34.5 Å². The highest BCUT2D eigenvalue weighted by Crippen LogP contribution is 2.30. The number of piperidine rings is 1. The number of nitrogens with one attached hydrogen (secondary N) is 1. The summed E-state index contributed by atoms with van der Waals surface area (Å²) in [6.45, 7) is 5.39. The highest BCUT2D eigenvalue weighted by atomic mass is 16.5. The number of hydrogen-bond acceptors (Lipinski definition) is 4. The summed E-state index contributed by atoms with van der Waals surface area (Å²) < 4.78 is 11.4. The van der Waals surface area contributed by atoms with Gasteiger partial charge in [0.15, 0.2) is 11.5 Å². The first-order chi connectivity index (χ1) is 14.8. The van der Waals surface area contributed by atoms with Crippen LogP contribution in [0.4, 0.5) is 0 Å². The molecule has 2 aliphatic rings. The normalized spacial score (nSPS) is 16.7. The number of amides is 1. The highest BCUT2D eigenvalue weighted by Gasteiger charge is 2.12. The molecular formula is C25H32N2O3. The summed E-state index contributed by atoms with van der Waals surface area (Å²) in [5.74, 6) is 1.65. The predicted molar refractivity (Wildman–Crippen MR) is 118 cm³/mol. The molecule has 2 aromatic rings. The minimum absolute atomic E-state index is 0.0690. The topological polar surface area (TPSA) is 50.8 Å². The molecule has 2 aromatic carbocycles.